The monoisotopic (exact) mass is 399 g/mol. The predicted molar refractivity (Wildman–Crippen MR) is 120 cm³/mol. The molecule has 2 aromatic rings. The number of methoxy groups -OCH3 is 1. The molecule has 2 N–H and O–H groups in total. The van der Waals surface area contributed by atoms with Gasteiger partial charge in [0.25, 0.3) is 0 Å². The van der Waals surface area contributed by atoms with Crippen LogP contribution < -0.4 is 15.4 Å². The Labute approximate surface area is 173 Å². The Bertz CT molecular complexity index is 778. The molecule has 0 aliphatic carbocycles. The third-order valence-electron chi connectivity index (χ3n) is 4.41. The van der Waals surface area contributed by atoms with E-state index in [-0.39, 0.29) is 12.5 Å². The normalized spacial score (nSPS) is 10.2. The van der Waals surface area contributed by atoms with Gasteiger partial charge in [0.05, 0.1) is 19.3 Å². The first kappa shape index (κ1) is 21.7. The van der Waals surface area contributed by atoms with Crippen LogP contribution in [0.25, 0.3) is 0 Å². The van der Waals surface area contributed by atoms with Crippen LogP contribution in [0.15, 0.2) is 48.5 Å². The number of nitrogens with one attached hydrogen (secondary N) is 2. The first-order chi connectivity index (χ1) is 13.6. The third kappa shape index (κ3) is 6.53. The summed E-state index contributed by atoms with van der Waals surface area (Å²) in [7, 11) is 1.58. The number of carbonyl (C=O) groups is 1. The van der Waals surface area contributed by atoms with E-state index in [0.29, 0.717) is 23.1 Å². The maximum atomic E-state index is 12.5. The number of carbonyl (C=O) groups excluding carboxylic acids is 1. The zero-order valence-corrected chi connectivity index (χ0v) is 17.6. The van der Waals surface area contributed by atoms with Crippen molar-refractivity contribution in [3.05, 3.63) is 54.1 Å². The van der Waals surface area contributed by atoms with Gasteiger partial charge in [-0.15, -0.1) is 0 Å². The average molecular weight is 400 g/mol. The summed E-state index contributed by atoms with van der Waals surface area (Å²) in [5.41, 5.74) is 2.89. The fraction of sp³-hybridized carbons (Fsp3) is 0.364. The molecule has 0 heterocycles. The number of nitrogens with zero attached hydrogens (tertiary/aromatic N) is 1. The highest BCUT2D eigenvalue weighted by atomic mass is 32.1. The van der Waals surface area contributed by atoms with Gasteiger partial charge in [-0.05, 0) is 61.8 Å². The quantitative estimate of drug-likeness (QED) is 0.599. The van der Waals surface area contributed by atoms with Crippen LogP contribution in [0.4, 0.5) is 11.4 Å². The molecule has 0 spiro atoms. The first-order valence-corrected chi connectivity index (χ1v) is 10.1. The summed E-state index contributed by atoms with van der Waals surface area (Å²) in [4.78, 5) is 14.3. The number of rotatable bonds is 9. The van der Waals surface area contributed by atoms with E-state index < -0.39 is 0 Å². The van der Waals surface area contributed by atoms with Gasteiger partial charge in [0.2, 0.25) is 5.91 Å². The fourth-order valence-electron chi connectivity index (χ4n) is 2.78. The van der Waals surface area contributed by atoms with Crippen molar-refractivity contribution in [1.82, 2.24) is 4.90 Å². The molecule has 0 radical (unpaired) electrons. The van der Waals surface area contributed by atoms with Crippen LogP contribution in [0.5, 0.6) is 5.75 Å². The van der Waals surface area contributed by atoms with Crippen molar-refractivity contribution >= 4 is 34.6 Å². The molecular weight excluding hydrogens is 370 g/mol. The Kier molecular flexibility index (Phi) is 8.75. The number of unbranched alkanes of at least 4 members (excludes halogenated alkanes) is 1. The third-order valence-corrected chi connectivity index (χ3v) is 4.77. The Morgan fingerprint density at radius 2 is 1.79 bits per heavy atom. The van der Waals surface area contributed by atoms with Crippen LogP contribution in [0.2, 0.25) is 0 Å². The summed E-state index contributed by atoms with van der Waals surface area (Å²) in [6, 6.07) is 15.6. The minimum atomic E-state index is -0.148. The molecular formula is C22H29N3O2S. The summed E-state index contributed by atoms with van der Waals surface area (Å²) < 4.78 is 5.27. The van der Waals surface area contributed by atoms with Gasteiger partial charge in [-0.2, -0.15) is 0 Å². The van der Waals surface area contributed by atoms with Crippen LogP contribution in [-0.2, 0) is 11.2 Å². The van der Waals surface area contributed by atoms with Crippen LogP contribution in [0.1, 0.15) is 32.3 Å². The Hall–Kier alpha value is -2.60. The van der Waals surface area contributed by atoms with Crippen molar-refractivity contribution in [2.24, 2.45) is 0 Å². The molecule has 0 saturated heterocycles. The molecule has 0 fully saturated rings. The Balaban J connectivity index is 1.92. The van der Waals surface area contributed by atoms with Crippen LogP contribution in [-0.4, -0.2) is 36.1 Å². The van der Waals surface area contributed by atoms with E-state index in [1.807, 2.05) is 48.2 Å². The number of anilines is 2. The van der Waals surface area contributed by atoms with Gasteiger partial charge in [0.1, 0.15) is 5.75 Å². The SMILES string of the molecule is CCCCc1ccc(NC(=S)N(CC)CC(=O)Nc2ccccc2OC)cc1. The molecule has 0 atom stereocenters. The predicted octanol–water partition coefficient (Wildman–Crippen LogP) is 4.70. The minimum Gasteiger partial charge on any atom is -0.495 e. The highest BCUT2D eigenvalue weighted by Gasteiger charge is 2.14. The van der Waals surface area contributed by atoms with E-state index in [1.54, 1.807) is 7.11 Å². The van der Waals surface area contributed by atoms with Gasteiger partial charge in [0, 0.05) is 12.2 Å². The minimum absolute atomic E-state index is 0.148. The number of hydrogen-bond donors (Lipinski definition) is 2. The number of benzene rings is 2. The zero-order chi connectivity index (χ0) is 20.4. The van der Waals surface area contributed by atoms with E-state index in [2.05, 4.69) is 29.7 Å². The van der Waals surface area contributed by atoms with Crippen LogP contribution in [0.3, 0.4) is 0 Å². The molecule has 6 heteroatoms. The molecule has 150 valence electrons. The van der Waals surface area contributed by atoms with Crippen molar-refractivity contribution < 1.29 is 9.53 Å². The number of hydrogen-bond acceptors (Lipinski definition) is 3. The summed E-state index contributed by atoms with van der Waals surface area (Å²) in [6.07, 6.45) is 3.47. The van der Waals surface area contributed by atoms with Gasteiger partial charge in [-0.25, -0.2) is 0 Å². The van der Waals surface area contributed by atoms with E-state index >= 15 is 0 Å². The van der Waals surface area contributed by atoms with Gasteiger partial charge in [-0.3, -0.25) is 4.79 Å². The highest BCUT2D eigenvalue weighted by Crippen LogP contribution is 2.22. The molecule has 0 unspecified atom stereocenters. The summed E-state index contributed by atoms with van der Waals surface area (Å²) in [6.45, 7) is 4.95. The largest absolute Gasteiger partial charge is 0.495 e. The lowest BCUT2D eigenvalue weighted by atomic mass is 10.1. The number of ether oxygens (including phenoxy) is 1. The van der Waals surface area contributed by atoms with Crippen LogP contribution in [0, 0.1) is 0 Å². The topological polar surface area (TPSA) is 53.6 Å². The second-order valence-corrected chi connectivity index (χ2v) is 6.88. The van der Waals surface area contributed by atoms with E-state index in [1.165, 1.54) is 18.4 Å². The van der Waals surface area contributed by atoms with Gasteiger partial charge in [-0.1, -0.05) is 37.6 Å². The second kappa shape index (κ2) is 11.3. The summed E-state index contributed by atoms with van der Waals surface area (Å²) >= 11 is 5.50. The van der Waals surface area contributed by atoms with Crippen molar-refractivity contribution in [3.63, 3.8) is 0 Å². The summed E-state index contributed by atoms with van der Waals surface area (Å²) in [5.74, 6) is 0.480. The van der Waals surface area contributed by atoms with E-state index in [0.717, 1.165) is 12.1 Å². The molecule has 28 heavy (non-hydrogen) atoms. The molecule has 0 aromatic heterocycles. The Morgan fingerprint density at radius 1 is 1.07 bits per heavy atom. The second-order valence-electron chi connectivity index (χ2n) is 6.49. The molecule has 0 bridgehead atoms. The van der Waals surface area contributed by atoms with Crippen molar-refractivity contribution in [1.29, 1.82) is 0 Å². The molecule has 2 rings (SSSR count). The maximum absolute atomic E-state index is 12.5. The van der Waals surface area contributed by atoms with Gasteiger partial charge in [0.15, 0.2) is 5.11 Å². The molecule has 2 aromatic carbocycles. The first-order valence-electron chi connectivity index (χ1n) is 9.65. The van der Waals surface area contributed by atoms with Gasteiger partial charge < -0.3 is 20.3 Å². The lowest BCUT2D eigenvalue weighted by molar-refractivity contribution is -0.116. The standard InChI is InChI=1S/C22H29N3O2S/c1-4-6-9-17-12-14-18(15-13-17)23-22(28)25(5-2)16-21(26)24-19-10-7-8-11-20(19)27-3/h7-8,10-15H,4-6,9,16H2,1-3H3,(H,23,28)(H,24,26). The average Bonchev–Trinajstić information content (AvgIpc) is 2.71. The van der Waals surface area contributed by atoms with Gasteiger partial charge >= 0.3 is 0 Å². The molecule has 0 aliphatic heterocycles. The van der Waals surface area contributed by atoms with Crippen molar-refractivity contribution in [2.45, 2.75) is 33.1 Å². The molecule has 0 saturated carbocycles. The van der Waals surface area contributed by atoms with Crippen molar-refractivity contribution in [3.8, 4) is 5.75 Å². The smallest absolute Gasteiger partial charge is 0.244 e. The number of likely N-dealkylation sites (N-methyl/N-ethyl adjacent to an activating group) is 1. The zero-order valence-electron chi connectivity index (χ0n) is 16.8. The van der Waals surface area contributed by atoms with Crippen LogP contribution >= 0.6 is 12.2 Å². The summed E-state index contributed by atoms with van der Waals surface area (Å²) in [5, 5.41) is 6.63. The molecule has 0 aliphatic rings. The number of para-hydroxylation sites is 2. The number of aryl methyl sites for hydroxylation is 1. The van der Waals surface area contributed by atoms with Crippen molar-refractivity contribution in [2.75, 3.05) is 30.8 Å². The van der Waals surface area contributed by atoms with E-state index in [4.69, 9.17) is 17.0 Å². The Morgan fingerprint density at radius 3 is 2.43 bits per heavy atom. The van der Waals surface area contributed by atoms with E-state index in [9.17, 15) is 4.79 Å². The molecule has 1 amide bonds. The highest BCUT2D eigenvalue weighted by molar-refractivity contribution is 7.80. The number of amides is 1. The fourth-order valence-corrected chi connectivity index (χ4v) is 3.09. The maximum Gasteiger partial charge on any atom is 0.244 e. The molecule has 5 nitrogen and oxygen atoms in total. The lowest BCUT2D eigenvalue weighted by Gasteiger charge is -2.24. The lowest BCUT2D eigenvalue weighted by Crippen LogP contribution is -2.40. The number of thiocarbonyl (C=S) groups is 1.